The van der Waals surface area contributed by atoms with Gasteiger partial charge in [0.2, 0.25) is 0 Å². The number of rotatable bonds is 2. The maximum Gasteiger partial charge on any atom is 0.317 e. The standard InChI is InChI=1S/C7H7NO3/c9-6(10)7(1-2-7)5-3-8-4-11-5/h3-4H,1-2H2,(H,9,10). The number of carbonyl (C=O) groups is 1. The fraction of sp³-hybridized carbons (Fsp3) is 0.429. The van der Waals surface area contributed by atoms with Crippen molar-refractivity contribution in [1.29, 1.82) is 0 Å². The van der Waals surface area contributed by atoms with E-state index in [-0.39, 0.29) is 0 Å². The van der Waals surface area contributed by atoms with Crippen molar-refractivity contribution in [1.82, 2.24) is 4.98 Å². The van der Waals surface area contributed by atoms with Crippen LogP contribution in [0.3, 0.4) is 0 Å². The summed E-state index contributed by atoms with van der Waals surface area (Å²) in [6.07, 6.45) is 4.06. The lowest BCUT2D eigenvalue weighted by Gasteiger charge is -2.02. The van der Waals surface area contributed by atoms with E-state index in [0.29, 0.717) is 18.6 Å². The van der Waals surface area contributed by atoms with Crippen molar-refractivity contribution in [3.63, 3.8) is 0 Å². The third kappa shape index (κ3) is 0.753. The molecule has 1 aromatic rings. The minimum atomic E-state index is -0.811. The molecule has 1 N–H and O–H groups in total. The molecule has 0 aliphatic heterocycles. The number of hydrogen-bond acceptors (Lipinski definition) is 3. The van der Waals surface area contributed by atoms with Crippen LogP contribution in [0.25, 0.3) is 0 Å². The highest BCUT2D eigenvalue weighted by atomic mass is 16.4. The van der Waals surface area contributed by atoms with Gasteiger partial charge in [-0.05, 0) is 12.8 Å². The Morgan fingerprint density at radius 1 is 1.73 bits per heavy atom. The van der Waals surface area contributed by atoms with Gasteiger partial charge in [-0.25, -0.2) is 4.98 Å². The van der Waals surface area contributed by atoms with Gasteiger partial charge in [0.15, 0.2) is 6.39 Å². The number of aromatic nitrogens is 1. The second kappa shape index (κ2) is 1.84. The van der Waals surface area contributed by atoms with Gasteiger partial charge in [-0.3, -0.25) is 4.79 Å². The third-order valence-corrected chi connectivity index (χ3v) is 2.06. The zero-order valence-electron chi connectivity index (χ0n) is 5.78. The van der Waals surface area contributed by atoms with Crippen molar-refractivity contribution in [2.45, 2.75) is 18.3 Å². The van der Waals surface area contributed by atoms with Gasteiger partial charge < -0.3 is 9.52 Å². The predicted octanol–water partition coefficient (Wildman–Crippen LogP) is 0.791. The Morgan fingerprint density at radius 2 is 2.45 bits per heavy atom. The number of carboxylic acids is 1. The first-order valence-electron chi connectivity index (χ1n) is 3.38. The molecule has 1 aliphatic carbocycles. The van der Waals surface area contributed by atoms with Crippen LogP contribution in [0.15, 0.2) is 17.0 Å². The molecular formula is C7H7NO3. The minimum Gasteiger partial charge on any atom is -0.480 e. The lowest BCUT2D eigenvalue weighted by Crippen LogP contribution is -2.18. The first kappa shape index (κ1) is 6.39. The highest BCUT2D eigenvalue weighted by Crippen LogP contribution is 2.48. The predicted molar refractivity (Wildman–Crippen MR) is 35.1 cm³/mol. The summed E-state index contributed by atoms with van der Waals surface area (Å²) in [6.45, 7) is 0. The third-order valence-electron chi connectivity index (χ3n) is 2.06. The average Bonchev–Trinajstić information content (AvgIpc) is 2.61. The topological polar surface area (TPSA) is 63.3 Å². The molecule has 1 saturated carbocycles. The van der Waals surface area contributed by atoms with E-state index in [2.05, 4.69) is 4.98 Å². The molecule has 1 aliphatic rings. The molecule has 1 aromatic heterocycles. The monoisotopic (exact) mass is 153 g/mol. The molecule has 58 valence electrons. The second-order valence-electron chi connectivity index (χ2n) is 2.75. The highest BCUT2D eigenvalue weighted by Gasteiger charge is 2.54. The van der Waals surface area contributed by atoms with E-state index in [1.165, 1.54) is 12.6 Å². The van der Waals surface area contributed by atoms with Crippen molar-refractivity contribution in [3.05, 3.63) is 18.4 Å². The Kier molecular flexibility index (Phi) is 1.07. The van der Waals surface area contributed by atoms with Crippen LogP contribution >= 0.6 is 0 Å². The molecule has 0 amide bonds. The van der Waals surface area contributed by atoms with Crippen LogP contribution in [0.1, 0.15) is 18.6 Å². The lowest BCUT2D eigenvalue weighted by molar-refractivity contribution is -0.140. The number of hydrogen-bond donors (Lipinski definition) is 1. The van der Waals surface area contributed by atoms with E-state index < -0.39 is 11.4 Å². The highest BCUT2D eigenvalue weighted by molar-refractivity contribution is 5.83. The Bertz CT molecular complexity index is 274. The number of oxazole rings is 1. The minimum absolute atomic E-state index is 0.477. The van der Waals surface area contributed by atoms with Gasteiger partial charge in [-0.1, -0.05) is 0 Å². The molecule has 2 rings (SSSR count). The Morgan fingerprint density at radius 3 is 2.82 bits per heavy atom. The fourth-order valence-corrected chi connectivity index (χ4v) is 1.14. The summed E-state index contributed by atoms with van der Waals surface area (Å²) < 4.78 is 4.93. The molecular weight excluding hydrogens is 146 g/mol. The molecule has 0 saturated heterocycles. The zero-order valence-corrected chi connectivity index (χ0v) is 5.78. The van der Waals surface area contributed by atoms with Gasteiger partial charge in [0.05, 0.1) is 6.20 Å². The molecule has 4 nitrogen and oxygen atoms in total. The van der Waals surface area contributed by atoms with Crippen LogP contribution in [-0.2, 0) is 10.2 Å². The normalized spacial score (nSPS) is 19.6. The summed E-state index contributed by atoms with van der Waals surface area (Å²) in [4.78, 5) is 14.4. The van der Waals surface area contributed by atoms with E-state index in [1.54, 1.807) is 0 Å². The number of aliphatic carboxylic acids is 1. The smallest absolute Gasteiger partial charge is 0.317 e. The van der Waals surface area contributed by atoms with E-state index in [9.17, 15) is 4.79 Å². The first-order valence-corrected chi connectivity index (χ1v) is 3.38. The van der Waals surface area contributed by atoms with Gasteiger partial charge in [0, 0.05) is 0 Å². The van der Waals surface area contributed by atoms with Crippen LogP contribution in [0, 0.1) is 0 Å². The second-order valence-corrected chi connectivity index (χ2v) is 2.75. The first-order chi connectivity index (χ1) is 5.26. The molecule has 0 radical (unpaired) electrons. The summed E-state index contributed by atoms with van der Waals surface area (Å²) in [6, 6.07) is 0. The number of carboxylic acid groups (broad SMARTS) is 1. The molecule has 0 spiro atoms. The SMILES string of the molecule is O=C(O)C1(c2cnco2)CC1. The van der Waals surface area contributed by atoms with Crippen LogP contribution in [0.4, 0.5) is 0 Å². The molecule has 0 unspecified atom stereocenters. The van der Waals surface area contributed by atoms with Gasteiger partial charge in [0.25, 0.3) is 0 Å². The Balaban J connectivity index is 2.36. The molecule has 0 bridgehead atoms. The van der Waals surface area contributed by atoms with Crippen molar-refractivity contribution in [3.8, 4) is 0 Å². The molecule has 1 fully saturated rings. The fourth-order valence-electron chi connectivity index (χ4n) is 1.14. The van der Waals surface area contributed by atoms with E-state index in [0.717, 1.165) is 0 Å². The molecule has 0 aromatic carbocycles. The van der Waals surface area contributed by atoms with E-state index >= 15 is 0 Å². The average molecular weight is 153 g/mol. The molecule has 4 heteroatoms. The maximum absolute atomic E-state index is 10.7. The summed E-state index contributed by atoms with van der Waals surface area (Å²) in [5.74, 6) is -0.334. The van der Waals surface area contributed by atoms with Crippen molar-refractivity contribution < 1.29 is 14.3 Å². The summed E-state index contributed by atoms with van der Waals surface area (Å²) in [5.41, 5.74) is -0.740. The summed E-state index contributed by atoms with van der Waals surface area (Å²) in [7, 11) is 0. The quantitative estimate of drug-likeness (QED) is 0.682. The van der Waals surface area contributed by atoms with Crippen LogP contribution < -0.4 is 0 Å². The van der Waals surface area contributed by atoms with Crippen LogP contribution in [0.2, 0.25) is 0 Å². The van der Waals surface area contributed by atoms with Crippen LogP contribution in [0.5, 0.6) is 0 Å². The van der Waals surface area contributed by atoms with Gasteiger partial charge in [0.1, 0.15) is 11.2 Å². The lowest BCUT2D eigenvalue weighted by atomic mass is 10.1. The maximum atomic E-state index is 10.7. The van der Waals surface area contributed by atoms with E-state index in [4.69, 9.17) is 9.52 Å². The van der Waals surface area contributed by atoms with Gasteiger partial charge in [-0.15, -0.1) is 0 Å². The Labute approximate surface area is 62.9 Å². The van der Waals surface area contributed by atoms with E-state index in [1.807, 2.05) is 0 Å². The Hall–Kier alpha value is -1.32. The van der Waals surface area contributed by atoms with Crippen molar-refractivity contribution >= 4 is 5.97 Å². The molecule has 0 atom stereocenters. The number of nitrogens with zero attached hydrogens (tertiary/aromatic N) is 1. The largest absolute Gasteiger partial charge is 0.480 e. The summed E-state index contributed by atoms with van der Waals surface area (Å²) in [5, 5.41) is 8.79. The molecule has 11 heavy (non-hydrogen) atoms. The van der Waals surface area contributed by atoms with Crippen molar-refractivity contribution in [2.24, 2.45) is 0 Å². The summed E-state index contributed by atoms with van der Waals surface area (Å²) >= 11 is 0. The van der Waals surface area contributed by atoms with Crippen molar-refractivity contribution in [2.75, 3.05) is 0 Å². The zero-order chi connectivity index (χ0) is 7.90. The van der Waals surface area contributed by atoms with Gasteiger partial charge in [-0.2, -0.15) is 0 Å². The van der Waals surface area contributed by atoms with Crippen LogP contribution in [-0.4, -0.2) is 16.1 Å². The molecule has 1 heterocycles. The van der Waals surface area contributed by atoms with Gasteiger partial charge >= 0.3 is 5.97 Å².